The van der Waals surface area contributed by atoms with Crippen molar-refractivity contribution in [2.24, 2.45) is 0 Å². The standard InChI is InChI=1S/C18H25NO6/c1-13(2)23-10-4-8-19(9-7-17(20)22-3)18(21)14-5-6-15-16(11-14)25-12-24-15/h5-6,11,13H,4,7-10,12H2,1-3H3. The number of esters is 1. The third-order valence-electron chi connectivity index (χ3n) is 3.74. The first-order chi connectivity index (χ1) is 12.0. The number of hydrogen-bond donors (Lipinski definition) is 0. The second-order valence-electron chi connectivity index (χ2n) is 5.96. The van der Waals surface area contributed by atoms with E-state index >= 15 is 0 Å². The summed E-state index contributed by atoms with van der Waals surface area (Å²) >= 11 is 0. The van der Waals surface area contributed by atoms with Crippen LogP contribution >= 0.6 is 0 Å². The van der Waals surface area contributed by atoms with E-state index in [1.54, 1.807) is 23.1 Å². The van der Waals surface area contributed by atoms with Gasteiger partial charge in [-0.3, -0.25) is 9.59 Å². The van der Waals surface area contributed by atoms with Crippen LogP contribution in [0, 0.1) is 0 Å². The van der Waals surface area contributed by atoms with Gasteiger partial charge in [0, 0.05) is 25.3 Å². The van der Waals surface area contributed by atoms with E-state index in [4.69, 9.17) is 14.2 Å². The van der Waals surface area contributed by atoms with Gasteiger partial charge in [-0.1, -0.05) is 0 Å². The summed E-state index contributed by atoms with van der Waals surface area (Å²) in [6, 6.07) is 5.09. The second-order valence-corrected chi connectivity index (χ2v) is 5.96. The molecule has 0 unspecified atom stereocenters. The predicted octanol–water partition coefficient (Wildman–Crippen LogP) is 2.24. The molecule has 138 valence electrons. The van der Waals surface area contributed by atoms with E-state index in [1.165, 1.54) is 7.11 Å². The number of ether oxygens (including phenoxy) is 4. The molecule has 0 aliphatic carbocycles. The van der Waals surface area contributed by atoms with Crippen molar-refractivity contribution in [1.29, 1.82) is 0 Å². The Labute approximate surface area is 147 Å². The van der Waals surface area contributed by atoms with Gasteiger partial charge in [0.1, 0.15) is 0 Å². The highest BCUT2D eigenvalue weighted by atomic mass is 16.7. The van der Waals surface area contributed by atoms with Gasteiger partial charge in [-0.15, -0.1) is 0 Å². The van der Waals surface area contributed by atoms with Crippen LogP contribution in [0.2, 0.25) is 0 Å². The Hall–Kier alpha value is -2.28. The normalized spacial score (nSPS) is 12.3. The number of hydrogen-bond acceptors (Lipinski definition) is 6. The van der Waals surface area contributed by atoms with Gasteiger partial charge in [-0.2, -0.15) is 0 Å². The molecule has 0 atom stereocenters. The smallest absolute Gasteiger partial charge is 0.307 e. The van der Waals surface area contributed by atoms with Crippen molar-refractivity contribution in [3.8, 4) is 11.5 Å². The average molecular weight is 351 g/mol. The van der Waals surface area contributed by atoms with Crippen molar-refractivity contribution < 1.29 is 28.5 Å². The second kappa shape index (κ2) is 9.27. The summed E-state index contributed by atoms with van der Waals surface area (Å²) in [4.78, 5) is 25.9. The van der Waals surface area contributed by atoms with E-state index in [-0.39, 0.29) is 31.2 Å². The molecule has 25 heavy (non-hydrogen) atoms. The summed E-state index contributed by atoms with van der Waals surface area (Å²) < 4.78 is 20.8. The van der Waals surface area contributed by atoms with Gasteiger partial charge in [0.05, 0.1) is 19.6 Å². The highest BCUT2D eigenvalue weighted by Crippen LogP contribution is 2.32. The maximum absolute atomic E-state index is 12.8. The maximum atomic E-state index is 12.8. The molecule has 1 heterocycles. The number of amides is 1. The molecule has 1 amide bonds. The SMILES string of the molecule is COC(=O)CCN(CCCOC(C)C)C(=O)c1ccc2c(c1)OCO2. The Balaban J connectivity index is 2.01. The molecule has 1 aliphatic heterocycles. The first-order valence-electron chi connectivity index (χ1n) is 8.38. The van der Waals surface area contributed by atoms with Crippen LogP contribution in [0.5, 0.6) is 11.5 Å². The lowest BCUT2D eigenvalue weighted by molar-refractivity contribution is -0.140. The van der Waals surface area contributed by atoms with Crippen LogP contribution in [-0.4, -0.2) is 56.5 Å². The fourth-order valence-corrected chi connectivity index (χ4v) is 2.43. The lowest BCUT2D eigenvalue weighted by atomic mass is 10.1. The highest BCUT2D eigenvalue weighted by Gasteiger charge is 2.21. The monoisotopic (exact) mass is 351 g/mol. The number of benzene rings is 1. The molecule has 1 aliphatic rings. The van der Waals surface area contributed by atoms with Gasteiger partial charge >= 0.3 is 5.97 Å². The van der Waals surface area contributed by atoms with Gasteiger partial charge in [0.2, 0.25) is 6.79 Å². The third kappa shape index (κ3) is 5.63. The topological polar surface area (TPSA) is 74.3 Å². The molecule has 1 aromatic carbocycles. The molecule has 2 rings (SSSR count). The number of fused-ring (bicyclic) bond motifs is 1. The fraction of sp³-hybridized carbons (Fsp3) is 0.556. The summed E-state index contributed by atoms with van der Waals surface area (Å²) in [5.74, 6) is 0.679. The van der Waals surface area contributed by atoms with Gasteiger partial charge in [0.15, 0.2) is 11.5 Å². The number of carbonyl (C=O) groups is 2. The minimum atomic E-state index is -0.345. The molecule has 0 aromatic heterocycles. The fourth-order valence-electron chi connectivity index (χ4n) is 2.43. The molecule has 1 aromatic rings. The molecular weight excluding hydrogens is 326 g/mol. The van der Waals surface area contributed by atoms with Crippen LogP contribution in [0.1, 0.15) is 37.0 Å². The Bertz CT molecular complexity index is 601. The van der Waals surface area contributed by atoms with Crippen LogP contribution in [0.4, 0.5) is 0 Å². The lowest BCUT2D eigenvalue weighted by Gasteiger charge is -2.23. The van der Waals surface area contributed by atoms with E-state index in [0.29, 0.717) is 43.2 Å². The number of rotatable bonds is 9. The van der Waals surface area contributed by atoms with Gasteiger partial charge in [-0.25, -0.2) is 0 Å². The van der Waals surface area contributed by atoms with Crippen molar-refractivity contribution in [3.63, 3.8) is 0 Å². The Morgan fingerprint density at radius 2 is 1.96 bits per heavy atom. The Morgan fingerprint density at radius 1 is 1.20 bits per heavy atom. The van der Waals surface area contributed by atoms with E-state index in [9.17, 15) is 9.59 Å². The Morgan fingerprint density at radius 3 is 2.68 bits per heavy atom. The van der Waals surface area contributed by atoms with Gasteiger partial charge in [0.25, 0.3) is 5.91 Å². The van der Waals surface area contributed by atoms with Crippen molar-refractivity contribution in [2.75, 3.05) is 33.6 Å². The van der Waals surface area contributed by atoms with Crippen molar-refractivity contribution >= 4 is 11.9 Å². The molecule has 0 saturated carbocycles. The average Bonchev–Trinajstić information content (AvgIpc) is 3.07. The predicted molar refractivity (Wildman–Crippen MR) is 90.8 cm³/mol. The minimum Gasteiger partial charge on any atom is -0.469 e. The lowest BCUT2D eigenvalue weighted by Crippen LogP contribution is -2.34. The Kier molecular flexibility index (Phi) is 7.06. The summed E-state index contributed by atoms with van der Waals surface area (Å²) in [7, 11) is 1.34. The molecule has 0 fully saturated rings. The molecule has 7 nitrogen and oxygen atoms in total. The summed E-state index contributed by atoms with van der Waals surface area (Å²) in [6.07, 6.45) is 0.987. The molecule has 0 N–H and O–H groups in total. The number of methoxy groups -OCH3 is 1. The molecule has 7 heteroatoms. The summed E-state index contributed by atoms with van der Waals surface area (Å²) in [5.41, 5.74) is 0.499. The first kappa shape index (κ1) is 19.1. The maximum Gasteiger partial charge on any atom is 0.307 e. The van der Waals surface area contributed by atoms with Gasteiger partial charge < -0.3 is 23.8 Å². The summed E-state index contributed by atoms with van der Waals surface area (Å²) in [5, 5.41) is 0. The van der Waals surface area contributed by atoms with Gasteiger partial charge in [-0.05, 0) is 38.5 Å². The van der Waals surface area contributed by atoms with Crippen molar-refractivity contribution in [1.82, 2.24) is 4.90 Å². The molecule has 0 bridgehead atoms. The highest BCUT2D eigenvalue weighted by molar-refractivity contribution is 5.95. The first-order valence-corrected chi connectivity index (χ1v) is 8.38. The molecule has 0 radical (unpaired) electrons. The van der Waals surface area contributed by atoms with Crippen LogP contribution in [0.3, 0.4) is 0 Å². The zero-order valence-corrected chi connectivity index (χ0v) is 14.9. The zero-order chi connectivity index (χ0) is 18.2. The number of nitrogens with zero attached hydrogens (tertiary/aromatic N) is 1. The molecule has 0 saturated heterocycles. The largest absolute Gasteiger partial charge is 0.469 e. The van der Waals surface area contributed by atoms with E-state index in [2.05, 4.69) is 4.74 Å². The van der Waals surface area contributed by atoms with Crippen molar-refractivity contribution in [3.05, 3.63) is 23.8 Å². The zero-order valence-electron chi connectivity index (χ0n) is 14.9. The quantitative estimate of drug-likeness (QED) is 0.502. The minimum absolute atomic E-state index is 0.146. The van der Waals surface area contributed by atoms with Crippen LogP contribution in [0.25, 0.3) is 0 Å². The molecule has 0 spiro atoms. The van der Waals surface area contributed by atoms with Crippen molar-refractivity contribution in [2.45, 2.75) is 32.8 Å². The van der Waals surface area contributed by atoms with E-state index in [1.807, 2.05) is 13.8 Å². The number of carbonyl (C=O) groups excluding carboxylic acids is 2. The third-order valence-corrected chi connectivity index (χ3v) is 3.74. The molecular formula is C18H25NO6. The summed E-state index contributed by atoms with van der Waals surface area (Å²) in [6.45, 7) is 5.44. The van der Waals surface area contributed by atoms with Crippen LogP contribution in [-0.2, 0) is 14.3 Å². The van der Waals surface area contributed by atoms with Crippen LogP contribution < -0.4 is 9.47 Å². The van der Waals surface area contributed by atoms with E-state index in [0.717, 1.165) is 0 Å². The van der Waals surface area contributed by atoms with E-state index < -0.39 is 0 Å². The van der Waals surface area contributed by atoms with Crippen LogP contribution in [0.15, 0.2) is 18.2 Å².